The van der Waals surface area contributed by atoms with Crippen molar-refractivity contribution in [1.29, 1.82) is 0 Å². The van der Waals surface area contributed by atoms with E-state index in [-0.39, 0.29) is 18.8 Å². The lowest BCUT2D eigenvalue weighted by atomic mass is 9.94. The number of halogens is 1. The number of hydrogen-bond acceptors (Lipinski definition) is 5. The van der Waals surface area contributed by atoms with Crippen molar-refractivity contribution >= 4 is 11.6 Å². The maximum atomic E-state index is 10.0. The summed E-state index contributed by atoms with van der Waals surface area (Å²) in [6, 6.07) is 14.6. The van der Waals surface area contributed by atoms with Gasteiger partial charge in [-0.25, -0.2) is 0 Å². The summed E-state index contributed by atoms with van der Waals surface area (Å²) in [4.78, 5) is 0. The average molecular weight is 522 g/mol. The van der Waals surface area contributed by atoms with E-state index in [9.17, 15) is 10.2 Å². The molecule has 2 heterocycles. The van der Waals surface area contributed by atoms with Crippen molar-refractivity contribution < 1.29 is 19.7 Å². The van der Waals surface area contributed by atoms with E-state index >= 15 is 0 Å². The van der Waals surface area contributed by atoms with Gasteiger partial charge in [0.2, 0.25) is 0 Å². The Hall–Kier alpha value is -1.63. The number of hydrogen-bond donors (Lipinski definition) is 3. The molecule has 0 aliphatic carbocycles. The van der Waals surface area contributed by atoms with Crippen molar-refractivity contribution in [3.05, 3.63) is 64.2 Å². The highest BCUT2D eigenvalue weighted by molar-refractivity contribution is 6.31. The number of aliphatic hydroxyl groups excluding tert-OH is 2. The van der Waals surface area contributed by atoms with Gasteiger partial charge in [-0.15, -0.1) is 0 Å². The first kappa shape index (κ1) is 32.4. The van der Waals surface area contributed by atoms with E-state index < -0.39 is 6.10 Å². The van der Waals surface area contributed by atoms with E-state index in [1.54, 1.807) is 0 Å². The van der Waals surface area contributed by atoms with Crippen LogP contribution in [0.15, 0.2) is 42.5 Å². The number of rotatable bonds is 6. The summed E-state index contributed by atoms with van der Waals surface area (Å²) in [5.74, 6) is 0.857. The molecule has 4 unspecified atom stereocenters. The number of nitrogens with one attached hydrogen (secondary N) is 1. The molecule has 2 aliphatic rings. The molecule has 0 bridgehead atoms. The molecular weight excluding hydrogens is 474 g/mol. The highest BCUT2D eigenvalue weighted by Gasteiger charge is 2.29. The summed E-state index contributed by atoms with van der Waals surface area (Å²) >= 11 is 6.40. The van der Waals surface area contributed by atoms with E-state index in [0.717, 1.165) is 28.5 Å². The monoisotopic (exact) mass is 521 g/mol. The van der Waals surface area contributed by atoms with Gasteiger partial charge in [-0.1, -0.05) is 63.6 Å². The minimum atomic E-state index is -0.462. The lowest BCUT2D eigenvalue weighted by Gasteiger charge is -2.32. The van der Waals surface area contributed by atoms with Gasteiger partial charge in [-0.3, -0.25) is 0 Å². The Morgan fingerprint density at radius 1 is 1.06 bits per heavy atom. The molecule has 0 amide bonds. The van der Waals surface area contributed by atoms with Crippen molar-refractivity contribution in [2.24, 2.45) is 0 Å². The van der Waals surface area contributed by atoms with Crippen LogP contribution in [0.2, 0.25) is 5.02 Å². The summed E-state index contributed by atoms with van der Waals surface area (Å²) in [7, 11) is 0. The largest absolute Gasteiger partial charge is 0.494 e. The fraction of sp³-hybridized carbons (Fsp3) is 0.600. The molecule has 36 heavy (non-hydrogen) atoms. The minimum Gasteiger partial charge on any atom is -0.494 e. The van der Waals surface area contributed by atoms with Crippen LogP contribution in [0.25, 0.3) is 0 Å². The Kier molecular flexibility index (Phi) is 16.7. The van der Waals surface area contributed by atoms with Crippen LogP contribution in [0.1, 0.15) is 90.0 Å². The third-order valence-corrected chi connectivity index (χ3v) is 6.33. The Labute approximate surface area is 224 Å². The third kappa shape index (κ3) is 11.2. The molecule has 2 aromatic carbocycles. The fourth-order valence-electron chi connectivity index (χ4n) is 4.20. The molecule has 2 aliphatic heterocycles. The Bertz CT molecular complexity index is 824. The van der Waals surface area contributed by atoms with Crippen molar-refractivity contribution in [3.63, 3.8) is 0 Å². The average Bonchev–Trinajstić information content (AvgIpc) is 3.40. The molecule has 2 aromatic rings. The van der Waals surface area contributed by atoms with Crippen LogP contribution >= 0.6 is 11.6 Å². The molecule has 0 radical (unpaired) electrons. The first-order valence-electron chi connectivity index (χ1n) is 13.7. The molecule has 4 atom stereocenters. The smallest absolute Gasteiger partial charge is 0.119 e. The van der Waals surface area contributed by atoms with Gasteiger partial charge in [0.15, 0.2) is 0 Å². The van der Waals surface area contributed by atoms with Crippen LogP contribution in [-0.2, 0) is 11.2 Å². The standard InChI is InChI=1S/C21H25ClO4.C5H11N.2C2H6/c1-2-25-18-6-3-14(4-7-18)9-16-10-15(5-8-20(16)22)21-12-17(24)11-19(13-23)26-21;1-5-3-2-4-6-5;2*1-2/h3-8,10,17,19,21,23-24H,2,9,11-13H2,1H3;5-6H,2-4H2,1H3;2*1-2H3. The van der Waals surface area contributed by atoms with Crippen LogP contribution in [0, 0.1) is 0 Å². The zero-order valence-electron chi connectivity index (χ0n) is 23.1. The number of benzene rings is 2. The topological polar surface area (TPSA) is 71.0 Å². The fourth-order valence-corrected chi connectivity index (χ4v) is 4.39. The second kappa shape index (κ2) is 18.6. The molecule has 2 fully saturated rings. The number of ether oxygens (including phenoxy) is 2. The zero-order valence-corrected chi connectivity index (χ0v) is 23.9. The van der Waals surface area contributed by atoms with Gasteiger partial charge in [-0.05, 0) is 74.5 Å². The second-order valence-corrected chi connectivity index (χ2v) is 9.06. The number of aliphatic hydroxyl groups is 2. The third-order valence-electron chi connectivity index (χ3n) is 5.96. The van der Waals surface area contributed by atoms with Gasteiger partial charge in [0, 0.05) is 23.9 Å². The van der Waals surface area contributed by atoms with E-state index in [0.29, 0.717) is 30.9 Å². The molecule has 5 nitrogen and oxygen atoms in total. The van der Waals surface area contributed by atoms with Gasteiger partial charge >= 0.3 is 0 Å². The maximum absolute atomic E-state index is 10.0. The van der Waals surface area contributed by atoms with Crippen LogP contribution in [0.4, 0.5) is 0 Å². The van der Waals surface area contributed by atoms with Crippen LogP contribution in [0.3, 0.4) is 0 Å². The summed E-state index contributed by atoms with van der Waals surface area (Å²) in [6.07, 6.45) is 3.44. The summed E-state index contributed by atoms with van der Waals surface area (Å²) in [5, 5.41) is 23.4. The molecule has 3 N–H and O–H groups in total. The van der Waals surface area contributed by atoms with Gasteiger partial charge in [0.25, 0.3) is 0 Å². The molecule has 4 rings (SSSR count). The van der Waals surface area contributed by atoms with Gasteiger partial charge in [0.1, 0.15) is 5.75 Å². The lowest BCUT2D eigenvalue weighted by Crippen LogP contribution is -2.33. The molecule has 204 valence electrons. The Morgan fingerprint density at radius 2 is 1.75 bits per heavy atom. The quantitative estimate of drug-likeness (QED) is 0.394. The van der Waals surface area contributed by atoms with Crippen LogP contribution in [0.5, 0.6) is 5.75 Å². The van der Waals surface area contributed by atoms with Crippen LogP contribution < -0.4 is 10.1 Å². The van der Waals surface area contributed by atoms with Crippen molar-refractivity contribution in [1.82, 2.24) is 5.32 Å². The van der Waals surface area contributed by atoms with E-state index in [2.05, 4.69) is 12.2 Å². The molecule has 0 saturated carbocycles. The predicted octanol–water partition coefficient (Wildman–Crippen LogP) is 6.71. The molecular formula is C30H48ClNO4. The summed E-state index contributed by atoms with van der Waals surface area (Å²) in [6.45, 7) is 14.0. The Morgan fingerprint density at radius 3 is 2.28 bits per heavy atom. The first-order valence-corrected chi connectivity index (χ1v) is 14.0. The van der Waals surface area contributed by atoms with E-state index in [4.69, 9.17) is 21.1 Å². The molecule has 6 heteroatoms. The maximum Gasteiger partial charge on any atom is 0.119 e. The minimum absolute atomic E-state index is 0.0831. The van der Waals surface area contributed by atoms with Gasteiger partial charge < -0.3 is 25.0 Å². The summed E-state index contributed by atoms with van der Waals surface area (Å²) < 4.78 is 11.4. The predicted molar refractivity (Wildman–Crippen MR) is 151 cm³/mol. The highest BCUT2D eigenvalue weighted by atomic mass is 35.5. The normalized spacial score (nSPS) is 22.7. The van der Waals surface area contributed by atoms with Crippen molar-refractivity contribution in [2.45, 2.75) is 98.0 Å². The molecule has 2 saturated heterocycles. The van der Waals surface area contributed by atoms with Gasteiger partial charge in [0.05, 0.1) is 31.5 Å². The van der Waals surface area contributed by atoms with Crippen molar-refractivity contribution in [3.8, 4) is 5.75 Å². The van der Waals surface area contributed by atoms with Crippen molar-refractivity contribution in [2.75, 3.05) is 19.8 Å². The Balaban J connectivity index is 0.000000551. The van der Waals surface area contributed by atoms with E-state index in [1.807, 2.05) is 77.1 Å². The SMILES string of the molecule is CC.CC.CC1CCCN1.CCOc1ccc(Cc2cc(C3CC(O)CC(CO)O3)ccc2Cl)cc1. The highest BCUT2D eigenvalue weighted by Crippen LogP contribution is 2.33. The zero-order chi connectivity index (χ0) is 26.9. The first-order chi connectivity index (χ1) is 17.5. The molecule has 0 aromatic heterocycles. The van der Waals surface area contributed by atoms with Gasteiger partial charge in [-0.2, -0.15) is 0 Å². The van der Waals surface area contributed by atoms with Crippen LogP contribution in [-0.4, -0.2) is 48.2 Å². The summed E-state index contributed by atoms with van der Waals surface area (Å²) in [5.41, 5.74) is 3.13. The lowest BCUT2D eigenvalue weighted by molar-refractivity contribution is -0.113. The second-order valence-electron chi connectivity index (χ2n) is 8.66. The van der Waals surface area contributed by atoms with E-state index in [1.165, 1.54) is 19.4 Å². The molecule has 0 spiro atoms.